The fourth-order valence-electron chi connectivity index (χ4n) is 3.33. The number of carbonyl (C=O) groups excluding carboxylic acids is 1. The summed E-state index contributed by atoms with van der Waals surface area (Å²) in [5, 5.41) is 10.9. The lowest BCUT2D eigenvalue weighted by Crippen LogP contribution is -2.30. The lowest BCUT2D eigenvalue weighted by molar-refractivity contribution is -0.121. The van der Waals surface area contributed by atoms with Gasteiger partial charge in [0.05, 0.1) is 5.69 Å². The van der Waals surface area contributed by atoms with Crippen LogP contribution in [0.4, 0.5) is 0 Å². The van der Waals surface area contributed by atoms with Gasteiger partial charge in [-0.3, -0.25) is 9.48 Å². The number of imidazole rings is 1. The van der Waals surface area contributed by atoms with Gasteiger partial charge in [0.25, 0.3) is 0 Å². The molecule has 1 fully saturated rings. The van der Waals surface area contributed by atoms with E-state index in [-0.39, 0.29) is 12.5 Å². The van der Waals surface area contributed by atoms with Crippen molar-refractivity contribution in [2.75, 3.05) is 19.6 Å². The van der Waals surface area contributed by atoms with Crippen molar-refractivity contribution < 1.29 is 4.79 Å². The van der Waals surface area contributed by atoms with Crippen LogP contribution in [0, 0.1) is 0 Å². The van der Waals surface area contributed by atoms with Crippen molar-refractivity contribution in [3.8, 4) is 0 Å². The highest BCUT2D eigenvalue weighted by atomic mass is 16.2. The normalized spacial score (nSPS) is 17.6. The summed E-state index contributed by atoms with van der Waals surface area (Å²) in [6, 6.07) is 2.04. The number of piperidine rings is 1. The molecule has 2 aromatic rings. The highest BCUT2D eigenvalue weighted by Gasteiger charge is 2.17. The van der Waals surface area contributed by atoms with Gasteiger partial charge < -0.3 is 15.2 Å². The van der Waals surface area contributed by atoms with Crippen molar-refractivity contribution in [3.05, 3.63) is 36.2 Å². The molecule has 0 aliphatic carbocycles. The summed E-state index contributed by atoms with van der Waals surface area (Å²) < 4.78 is 3.88. The highest BCUT2D eigenvalue weighted by Crippen LogP contribution is 2.21. The molecule has 1 amide bonds. The lowest BCUT2D eigenvalue weighted by atomic mass is 9.97. The van der Waals surface area contributed by atoms with Gasteiger partial charge in [-0.15, -0.1) is 0 Å². The molecule has 1 saturated heterocycles. The molecule has 3 heterocycles. The Labute approximate surface area is 148 Å². The minimum Gasteiger partial charge on any atom is -0.354 e. The van der Waals surface area contributed by atoms with Gasteiger partial charge in [0.1, 0.15) is 12.4 Å². The first kappa shape index (κ1) is 17.7. The molecule has 25 heavy (non-hydrogen) atoms. The first-order valence-corrected chi connectivity index (χ1v) is 9.27. The molecule has 1 aliphatic rings. The van der Waals surface area contributed by atoms with Crippen LogP contribution in [0.2, 0.25) is 0 Å². The maximum Gasteiger partial charge on any atom is 0.241 e. The summed E-state index contributed by atoms with van der Waals surface area (Å²) in [5.41, 5.74) is 1.09. The highest BCUT2D eigenvalue weighted by molar-refractivity contribution is 5.75. The number of aromatic nitrogens is 4. The summed E-state index contributed by atoms with van der Waals surface area (Å²) in [4.78, 5) is 16.4. The zero-order valence-corrected chi connectivity index (χ0v) is 14.9. The van der Waals surface area contributed by atoms with Gasteiger partial charge in [-0.2, -0.15) is 5.10 Å². The van der Waals surface area contributed by atoms with E-state index in [1.807, 2.05) is 24.7 Å². The molecule has 136 valence electrons. The molecule has 1 aliphatic heterocycles. The number of hydrogen-bond donors (Lipinski definition) is 2. The van der Waals surface area contributed by atoms with Gasteiger partial charge in [-0.1, -0.05) is 6.92 Å². The van der Waals surface area contributed by atoms with Crippen molar-refractivity contribution in [1.29, 1.82) is 0 Å². The summed E-state index contributed by atoms with van der Waals surface area (Å²) >= 11 is 0. The molecule has 7 nitrogen and oxygen atoms in total. The van der Waals surface area contributed by atoms with E-state index < -0.39 is 0 Å². The molecule has 0 radical (unpaired) electrons. The second-order valence-corrected chi connectivity index (χ2v) is 6.58. The van der Waals surface area contributed by atoms with E-state index in [4.69, 9.17) is 0 Å². The quantitative estimate of drug-likeness (QED) is 0.708. The van der Waals surface area contributed by atoms with E-state index >= 15 is 0 Å². The Morgan fingerprint density at radius 1 is 1.44 bits per heavy atom. The largest absolute Gasteiger partial charge is 0.354 e. The average Bonchev–Trinajstić information content (AvgIpc) is 3.28. The Bertz CT molecular complexity index is 671. The molecule has 0 unspecified atom stereocenters. The molecule has 0 spiro atoms. The van der Waals surface area contributed by atoms with E-state index in [1.54, 1.807) is 4.68 Å². The topological polar surface area (TPSA) is 76.8 Å². The number of nitrogens with one attached hydrogen (secondary N) is 2. The van der Waals surface area contributed by atoms with Crippen LogP contribution in [0.3, 0.4) is 0 Å². The minimum absolute atomic E-state index is 0.0118. The summed E-state index contributed by atoms with van der Waals surface area (Å²) in [5.74, 6) is 1.58. The first-order chi connectivity index (χ1) is 12.3. The number of carbonyl (C=O) groups is 1. The van der Waals surface area contributed by atoms with Gasteiger partial charge >= 0.3 is 0 Å². The average molecular weight is 344 g/mol. The maximum absolute atomic E-state index is 12.1. The molecular weight excluding hydrogens is 316 g/mol. The monoisotopic (exact) mass is 344 g/mol. The molecule has 2 N–H and O–H groups in total. The third-order valence-electron chi connectivity index (χ3n) is 4.70. The smallest absolute Gasteiger partial charge is 0.241 e. The van der Waals surface area contributed by atoms with Gasteiger partial charge in [0.2, 0.25) is 5.91 Å². The Hall–Kier alpha value is -2.15. The number of hydrogen-bond acceptors (Lipinski definition) is 4. The van der Waals surface area contributed by atoms with Gasteiger partial charge in [0.15, 0.2) is 0 Å². The summed E-state index contributed by atoms with van der Waals surface area (Å²) in [7, 11) is 0. The van der Waals surface area contributed by atoms with Crippen LogP contribution in [-0.2, 0) is 24.3 Å². The standard InChI is InChI=1S/C18H28N6O/c1-2-17-20-9-12-23(17)10-4-8-21-18(25)14-24-11-6-16(22-24)15-5-3-7-19-13-15/h6,9,11-12,15,19H,2-5,7-8,10,13-14H2,1H3,(H,21,25)/t15-/m0/s1. The predicted octanol–water partition coefficient (Wildman–Crippen LogP) is 1.32. The van der Waals surface area contributed by atoms with Crippen molar-refractivity contribution in [1.82, 2.24) is 30.0 Å². The fourth-order valence-corrected chi connectivity index (χ4v) is 3.33. The van der Waals surface area contributed by atoms with Crippen LogP contribution < -0.4 is 10.6 Å². The van der Waals surface area contributed by atoms with E-state index in [9.17, 15) is 4.79 Å². The summed E-state index contributed by atoms with van der Waals surface area (Å²) in [6.07, 6.45) is 9.91. The molecule has 3 rings (SSSR count). The Morgan fingerprint density at radius 3 is 3.16 bits per heavy atom. The second kappa shape index (κ2) is 8.80. The van der Waals surface area contributed by atoms with Crippen molar-refractivity contribution in [2.45, 2.75) is 51.6 Å². The number of amides is 1. The number of nitrogens with zero attached hydrogens (tertiary/aromatic N) is 4. The Morgan fingerprint density at radius 2 is 2.36 bits per heavy atom. The third kappa shape index (κ3) is 4.92. The maximum atomic E-state index is 12.1. The summed E-state index contributed by atoms with van der Waals surface area (Å²) in [6.45, 7) is 6.01. The van der Waals surface area contributed by atoms with Crippen LogP contribution in [0.25, 0.3) is 0 Å². The number of rotatable bonds is 8. The molecule has 2 aromatic heterocycles. The SMILES string of the molecule is CCc1nccn1CCCNC(=O)Cn1ccc([C@H]2CCCNC2)n1. The minimum atomic E-state index is 0.0118. The first-order valence-electron chi connectivity index (χ1n) is 9.27. The van der Waals surface area contributed by atoms with E-state index in [2.05, 4.69) is 32.2 Å². The zero-order valence-electron chi connectivity index (χ0n) is 14.9. The van der Waals surface area contributed by atoms with Crippen molar-refractivity contribution in [3.63, 3.8) is 0 Å². The van der Waals surface area contributed by atoms with E-state index in [0.717, 1.165) is 44.0 Å². The molecule has 1 atom stereocenters. The van der Waals surface area contributed by atoms with Crippen LogP contribution in [0.15, 0.2) is 24.7 Å². The third-order valence-corrected chi connectivity index (χ3v) is 4.70. The molecule has 7 heteroatoms. The molecular formula is C18H28N6O. The number of aryl methyl sites for hydroxylation is 2. The Kier molecular flexibility index (Phi) is 6.22. The van der Waals surface area contributed by atoms with Crippen molar-refractivity contribution in [2.24, 2.45) is 0 Å². The fraction of sp³-hybridized carbons (Fsp3) is 0.611. The zero-order chi connectivity index (χ0) is 17.5. The molecule has 0 saturated carbocycles. The molecule has 0 aromatic carbocycles. The predicted molar refractivity (Wildman–Crippen MR) is 96.3 cm³/mol. The van der Waals surface area contributed by atoms with E-state index in [1.165, 1.54) is 12.8 Å². The second-order valence-electron chi connectivity index (χ2n) is 6.58. The van der Waals surface area contributed by atoms with Gasteiger partial charge in [0, 0.05) is 50.6 Å². The van der Waals surface area contributed by atoms with Crippen LogP contribution in [0.5, 0.6) is 0 Å². The van der Waals surface area contributed by atoms with Crippen LogP contribution in [-0.4, -0.2) is 44.9 Å². The van der Waals surface area contributed by atoms with Crippen LogP contribution >= 0.6 is 0 Å². The Balaban J connectivity index is 1.38. The lowest BCUT2D eigenvalue weighted by Gasteiger charge is -2.20. The molecule has 0 bridgehead atoms. The van der Waals surface area contributed by atoms with E-state index in [0.29, 0.717) is 12.5 Å². The van der Waals surface area contributed by atoms with Gasteiger partial charge in [-0.05, 0) is 31.9 Å². The van der Waals surface area contributed by atoms with Crippen molar-refractivity contribution >= 4 is 5.91 Å². The van der Waals surface area contributed by atoms with Crippen LogP contribution in [0.1, 0.15) is 43.6 Å². The van der Waals surface area contributed by atoms with Gasteiger partial charge in [-0.25, -0.2) is 4.98 Å².